The van der Waals surface area contributed by atoms with Crippen LogP contribution in [0.3, 0.4) is 0 Å². The number of nitrogen functional groups attached to an aromatic ring is 1. The molecule has 2 rings (SSSR count). The molecule has 0 saturated carbocycles. The van der Waals surface area contributed by atoms with Gasteiger partial charge in [0.1, 0.15) is 5.82 Å². The van der Waals surface area contributed by atoms with Gasteiger partial charge in [0, 0.05) is 24.8 Å². The Morgan fingerprint density at radius 3 is 2.60 bits per heavy atom. The van der Waals surface area contributed by atoms with Crippen LogP contribution in [0.1, 0.15) is 15.9 Å². The molecule has 4 nitrogen and oxygen atoms in total. The maximum atomic E-state index is 13.7. The number of anilines is 2. The summed E-state index contributed by atoms with van der Waals surface area (Å²) in [6.07, 6.45) is 0. The van der Waals surface area contributed by atoms with Crippen LogP contribution >= 0.6 is 0 Å². The van der Waals surface area contributed by atoms with E-state index in [1.165, 1.54) is 6.07 Å². The molecule has 0 unspecified atom stereocenters. The molecule has 0 aromatic heterocycles. The SMILES string of the molecule is CN(Cc1ccccc1F)c1cc(N)ccc1C(N)=O. The fourth-order valence-corrected chi connectivity index (χ4v) is 2.04. The molecule has 2 aromatic carbocycles. The molecule has 0 heterocycles. The Kier molecular flexibility index (Phi) is 3.89. The van der Waals surface area contributed by atoms with Crippen LogP contribution in [-0.4, -0.2) is 13.0 Å². The summed E-state index contributed by atoms with van der Waals surface area (Å²) in [5, 5.41) is 0. The number of hydrogen-bond donors (Lipinski definition) is 2. The first-order valence-corrected chi connectivity index (χ1v) is 6.13. The van der Waals surface area contributed by atoms with Crippen LogP contribution in [0.25, 0.3) is 0 Å². The van der Waals surface area contributed by atoms with Crippen LogP contribution in [0.4, 0.5) is 15.8 Å². The number of rotatable bonds is 4. The third-order valence-electron chi connectivity index (χ3n) is 3.06. The van der Waals surface area contributed by atoms with E-state index in [1.54, 1.807) is 48.3 Å². The first-order valence-electron chi connectivity index (χ1n) is 6.13. The van der Waals surface area contributed by atoms with Crippen LogP contribution in [0.2, 0.25) is 0 Å². The summed E-state index contributed by atoms with van der Waals surface area (Å²) >= 11 is 0. The monoisotopic (exact) mass is 273 g/mol. The number of carbonyl (C=O) groups is 1. The maximum absolute atomic E-state index is 13.7. The Labute approximate surface area is 116 Å². The van der Waals surface area contributed by atoms with E-state index in [9.17, 15) is 9.18 Å². The molecule has 0 aliphatic carbocycles. The standard InChI is InChI=1S/C15H16FN3O/c1-19(9-10-4-2-3-5-13(10)16)14-8-11(17)6-7-12(14)15(18)20/h2-8H,9,17H2,1H3,(H2,18,20). The molecule has 5 heteroatoms. The molecular weight excluding hydrogens is 257 g/mol. The van der Waals surface area contributed by atoms with Gasteiger partial charge in [0.15, 0.2) is 0 Å². The number of nitrogens with zero attached hydrogens (tertiary/aromatic N) is 1. The minimum Gasteiger partial charge on any atom is -0.399 e. The van der Waals surface area contributed by atoms with Crippen molar-refractivity contribution in [3.8, 4) is 0 Å². The predicted molar refractivity (Wildman–Crippen MR) is 77.9 cm³/mol. The fourth-order valence-electron chi connectivity index (χ4n) is 2.04. The van der Waals surface area contributed by atoms with Crippen molar-refractivity contribution in [3.05, 3.63) is 59.4 Å². The van der Waals surface area contributed by atoms with Gasteiger partial charge in [-0.15, -0.1) is 0 Å². The Morgan fingerprint density at radius 2 is 1.95 bits per heavy atom. The summed E-state index contributed by atoms with van der Waals surface area (Å²) in [6, 6.07) is 11.3. The Morgan fingerprint density at radius 1 is 1.25 bits per heavy atom. The van der Waals surface area contributed by atoms with Crippen LogP contribution in [0.5, 0.6) is 0 Å². The van der Waals surface area contributed by atoms with Crippen molar-refractivity contribution in [2.45, 2.75) is 6.54 Å². The predicted octanol–water partition coefficient (Wildman–Crippen LogP) is 2.14. The molecule has 0 aliphatic rings. The smallest absolute Gasteiger partial charge is 0.250 e. The average molecular weight is 273 g/mol. The van der Waals surface area contributed by atoms with Gasteiger partial charge in [-0.25, -0.2) is 4.39 Å². The van der Waals surface area contributed by atoms with Gasteiger partial charge >= 0.3 is 0 Å². The number of benzene rings is 2. The second kappa shape index (κ2) is 5.61. The van der Waals surface area contributed by atoms with E-state index in [4.69, 9.17) is 11.5 Å². The van der Waals surface area contributed by atoms with Crippen molar-refractivity contribution in [2.24, 2.45) is 5.73 Å². The van der Waals surface area contributed by atoms with Gasteiger partial charge in [0.05, 0.1) is 11.3 Å². The molecule has 20 heavy (non-hydrogen) atoms. The largest absolute Gasteiger partial charge is 0.399 e. The van der Waals surface area contributed by atoms with Crippen LogP contribution < -0.4 is 16.4 Å². The van der Waals surface area contributed by atoms with Gasteiger partial charge in [0.2, 0.25) is 0 Å². The zero-order valence-electron chi connectivity index (χ0n) is 11.1. The van der Waals surface area contributed by atoms with Crippen molar-refractivity contribution in [1.29, 1.82) is 0 Å². The summed E-state index contributed by atoms with van der Waals surface area (Å²) in [5.41, 5.74) is 13.1. The van der Waals surface area contributed by atoms with Crippen molar-refractivity contribution < 1.29 is 9.18 Å². The van der Waals surface area contributed by atoms with Crippen LogP contribution in [0.15, 0.2) is 42.5 Å². The summed E-state index contributed by atoms with van der Waals surface area (Å²) in [6.45, 7) is 0.316. The summed E-state index contributed by atoms with van der Waals surface area (Å²) in [5.74, 6) is -0.829. The lowest BCUT2D eigenvalue weighted by molar-refractivity contribution is 0.100. The minimum absolute atomic E-state index is 0.288. The number of primary amides is 1. The molecule has 0 radical (unpaired) electrons. The van der Waals surface area contributed by atoms with E-state index in [1.807, 2.05) is 0 Å². The zero-order valence-corrected chi connectivity index (χ0v) is 11.1. The van der Waals surface area contributed by atoms with E-state index < -0.39 is 5.91 Å². The number of amides is 1. The summed E-state index contributed by atoms with van der Waals surface area (Å²) < 4.78 is 13.7. The van der Waals surface area contributed by atoms with Crippen LogP contribution in [-0.2, 0) is 6.54 Å². The highest BCUT2D eigenvalue weighted by atomic mass is 19.1. The second-order valence-corrected chi connectivity index (χ2v) is 4.59. The molecule has 104 valence electrons. The van der Waals surface area contributed by atoms with Gasteiger partial charge in [-0.05, 0) is 24.3 Å². The van der Waals surface area contributed by atoms with E-state index in [-0.39, 0.29) is 5.82 Å². The number of nitrogens with two attached hydrogens (primary N) is 2. The first kappa shape index (κ1) is 13.9. The highest BCUT2D eigenvalue weighted by Gasteiger charge is 2.13. The molecule has 0 aliphatic heterocycles. The number of hydrogen-bond acceptors (Lipinski definition) is 3. The molecule has 0 bridgehead atoms. The van der Waals surface area contributed by atoms with Crippen molar-refractivity contribution in [3.63, 3.8) is 0 Å². The Bertz CT molecular complexity index is 643. The van der Waals surface area contributed by atoms with Crippen LogP contribution in [0, 0.1) is 5.82 Å². The van der Waals surface area contributed by atoms with Crippen molar-refractivity contribution in [2.75, 3.05) is 17.7 Å². The van der Waals surface area contributed by atoms with E-state index in [0.29, 0.717) is 29.0 Å². The molecule has 0 fully saturated rings. The minimum atomic E-state index is -0.541. The normalized spacial score (nSPS) is 10.3. The van der Waals surface area contributed by atoms with E-state index >= 15 is 0 Å². The lowest BCUT2D eigenvalue weighted by Gasteiger charge is -2.22. The van der Waals surface area contributed by atoms with Gasteiger partial charge < -0.3 is 16.4 Å². The third-order valence-corrected chi connectivity index (χ3v) is 3.06. The zero-order chi connectivity index (χ0) is 14.7. The topological polar surface area (TPSA) is 72.3 Å². The fraction of sp³-hybridized carbons (Fsp3) is 0.133. The quantitative estimate of drug-likeness (QED) is 0.838. The summed E-state index contributed by atoms with van der Waals surface area (Å²) in [4.78, 5) is 13.2. The summed E-state index contributed by atoms with van der Waals surface area (Å²) in [7, 11) is 1.76. The van der Waals surface area contributed by atoms with Crippen molar-refractivity contribution >= 4 is 17.3 Å². The highest BCUT2D eigenvalue weighted by Crippen LogP contribution is 2.24. The second-order valence-electron chi connectivity index (χ2n) is 4.59. The molecule has 2 aromatic rings. The van der Waals surface area contributed by atoms with Gasteiger partial charge in [0.25, 0.3) is 5.91 Å². The Balaban J connectivity index is 2.34. The molecule has 0 spiro atoms. The number of halogens is 1. The van der Waals surface area contributed by atoms with Gasteiger partial charge in [-0.1, -0.05) is 18.2 Å². The molecule has 4 N–H and O–H groups in total. The maximum Gasteiger partial charge on any atom is 0.250 e. The first-order chi connectivity index (χ1) is 9.49. The lowest BCUT2D eigenvalue weighted by Crippen LogP contribution is -2.22. The van der Waals surface area contributed by atoms with E-state index in [0.717, 1.165) is 0 Å². The molecule has 1 amide bonds. The highest BCUT2D eigenvalue weighted by molar-refractivity contribution is 5.99. The molecule has 0 saturated heterocycles. The Hall–Kier alpha value is -2.56. The molecular formula is C15H16FN3O. The molecule has 0 atom stereocenters. The number of carbonyl (C=O) groups excluding carboxylic acids is 1. The third kappa shape index (κ3) is 2.88. The lowest BCUT2D eigenvalue weighted by atomic mass is 10.1. The average Bonchev–Trinajstić information content (AvgIpc) is 2.40. The van der Waals surface area contributed by atoms with Gasteiger partial charge in [-0.3, -0.25) is 4.79 Å². The van der Waals surface area contributed by atoms with E-state index in [2.05, 4.69) is 0 Å². The van der Waals surface area contributed by atoms with Crippen molar-refractivity contribution in [1.82, 2.24) is 0 Å². The van der Waals surface area contributed by atoms with Gasteiger partial charge in [-0.2, -0.15) is 0 Å².